The van der Waals surface area contributed by atoms with E-state index in [4.69, 9.17) is 10.8 Å². The number of carboxylic acids is 3. The summed E-state index contributed by atoms with van der Waals surface area (Å²) in [6.45, 7) is 4.98. The van der Waals surface area contributed by atoms with Gasteiger partial charge in [0.15, 0.2) is 0 Å². The third-order valence-corrected chi connectivity index (χ3v) is 9.37. The largest absolute Gasteiger partial charge is 0.481 e. The zero-order chi connectivity index (χ0) is 38.6. The molecule has 0 bridgehead atoms. The number of nitrogens with zero attached hydrogens (tertiary/aromatic N) is 2. The topological polar surface area (TPSA) is 295 Å². The van der Waals surface area contributed by atoms with E-state index in [1.807, 2.05) is 0 Å². The number of hydrogen-bond donors (Lipinski definition) is 9. The van der Waals surface area contributed by atoms with Gasteiger partial charge >= 0.3 is 17.9 Å². The van der Waals surface area contributed by atoms with Gasteiger partial charge in [0.1, 0.15) is 36.3 Å². The van der Waals surface area contributed by atoms with Gasteiger partial charge in [0, 0.05) is 25.3 Å². The van der Waals surface area contributed by atoms with Crippen LogP contribution >= 0.6 is 12.6 Å². The van der Waals surface area contributed by atoms with Crippen molar-refractivity contribution < 1.29 is 58.5 Å². The second-order valence-electron chi connectivity index (χ2n) is 12.8. The molecule has 2 rings (SSSR count). The molecule has 6 amide bonds. The lowest BCUT2D eigenvalue weighted by Gasteiger charge is -2.31. The molecule has 9 N–H and O–H groups in total. The Kier molecular flexibility index (Phi) is 16.6. The average Bonchev–Trinajstić information content (AvgIpc) is 3.77. The van der Waals surface area contributed by atoms with Crippen molar-refractivity contribution in [3.63, 3.8) is 0 Å². The van der Waals surface area contributed by atoms with Gasteiger partial charge in [-0.1, -0.05) is 20.3 Å². The second-order valence-corrected chi connectivity index (χ2v) is 13.1. The van der Waals surface area contributed by atoms with Crippen LogP contribution in [-0.2, 0) is 43.2 Å². The van der Waals surface area contributed by atoms with E-state index in [-0.39, 0.29) is 44.5 Å². The van der Waals surface area contributed by atoms with Gasteiger partial charge in [-0.05, 0) is 44.9 Å². The Bertz CT molecular complexity index is 1350. The molecular formula is C31H49N7O12S. The number of carbonyl (C=O) groups is 9. The van der Waals surface area contributed by atoms with Crippen molar-refractivity contribution in [2.45, 2.75) is 114 Å². The predicted octanol–water partition coefficient (Wildman–Crippen LogP) is -2.35. The van der Waals surface area contributed by atoms with Crippen LogP contribution in [-0.4, -0.2) is 140 Å². The lowest BCUT2D eigenvalue weighted by atomic mass is 9.97. The molecule has 0 aromatic rings. The molecule has 0 radical (unpaired) electrons. The van der Waals surface area contributed by atoms with Crippen LogP contribution in [0.2, 0.25) is 0 Å². The highest BCUT2D eigenvalue weighted by Gasteiger charge is 2.41. The summed E-state index contributed by atoms with van der Waals surface area (Å²) in [6.07, 6.45) is 0.320. The SMILES string of the molecule is CCC(C)C(NC(=O)C1CCCN1C(=O)C(CS)NC(=O)C(N)CCC(=O)O)C(=O)NC(C)C(=O)NC(CC(=O)O)C(=O)N1CCCC1C(=O)O. The zero-order valence-electron chi connectivity index (χ0n) is 28.8. The molecule has 286 valence electrons. The van der Waals surface area contributed by atoms with Crippen LogP contribution in [0.25, 0.3) is 0 Å². The average molecular weight is 744 g/mol. The molecule has 0 aromatic carbocycles. The Labute approximate surface area is 300 Å². The Hall–Kier alpha value is -4.46. The summed E-state index contributed by atoms with van der Waals surface area (Å²) in [5, 5.41) is 37.5. The number of hydrogen-bond acceptors (Lipinski definition) is 11. The van der Waals surface area contributed by atoms with Crippen LogP contribution in [0, 0.1) is 5.92 Å². The molecular weight excluding hydrogens is 694 g/mol. The smallest absolute Gasteiger partial charge is 0.326 e. The summed E-state index contributed by atoms with van der Waals surface area (Å²) in [7, 11) is 0. The number of nitrogens with one attached hydrogen (secondary N) is 4. The molecule has 2 saturated heterocycles. The van der Waals surface area contributed by atoms with Gasteiger partial charge in [-0.2, -0.15) is 12.6 Å². The maximum absolute atomic E-state index is 13.5. The lowest BCUT2D eigenvalue weighted by Crippen LogP contribution is -2.60. The van der Waals surface area contributed by atoms with Crippen LogP contribution in [0.5, 0.6) is 0 Å². The first-order valence-electron chi connectivity index (χ1n) is 16.8. The van der Waals surface area contributed by atoms with E-state index in [9.17, 15) is 53.4 Å². The van der Waals surface area contributed by atoms with Gasteiger partial charge in [0.25, 0.3) is 0 Å². The maximum Gasteiger partial charge on any atom is 0.326 e. The van der Waals surface area contributed by atoms with Crippen molar-refractivity contribution in [3.8, 4) is 0 Å². The lowest BCUT2D eigenvalue weighted by molar-refractivity contribution is -0.150. The number of carboxylic acid groups (broad SMARTS) is 3. The van der Waals surface area contributed by atoms with E-state index in [0.29, 0.717) is 19.3 Å². The Morgan fingerprint density at radius 3 is 1.84 bits per heavy atom. The van der Waals surface area contributed by atoms with Gasteiger partial charge < -0.3 is 52.1 Å². The molecule has 20 heteroatoms. The number of thiol groups is 1. The third kappa shape index (κ3) is 12.1. The van der Waals surface area contributed by atoms with Crippen molar-refractivity contribution in [1.29, 1.82) is 0 Å². The Balaban J connectivity index is 2.12. The Morgan fingerprint density at radius 2 is 1.31 bits per heavy atom. The molecule has 0 aliphatic carbocycles. The van der Waals surface area contributed by atoms with E-state index in [1.54, 1.807) is 13.8 Å². The first-order chi connectivity index (χ1) is 23.9. The van der Waals surface area contributed by atoms with Gasteiger partial charge in [0.2, 0.25) is 35.4 Å². The standard InChI is InChI=1S/C31H49N7O12S/c1-4-15(2)24(28(46)33-16(3)25(43)34-18(13-23(41)42)29(47)38-12-6-8-21(38)31(49)50)36-27(45)20-7-5-11-37(20)30(48)19(14-51)35-26(44)17(32)9-10-22(39)40/h15-21,24,51H,4-14,32H2,1-3H3,(H,33,46)(H,34,43)(H,35,44)(H,36,45)(H,39,40)(H,41,42)(H,49,50). The summed E-state index contributed by atoms with van der Waals surface area (Å²) in [5.41, 5.74) is 5.76. The van der Waals surface area contributed by atoms with Crippen molar-refractivity contribution in [3.05, 3.63) is 0 Å². The van der Waals surface area contributed by atoms with Gasteiger partial charge in [0.05, 0.1) is 12.5 Å². The minimum absolute atomic E-state index is 0.0705. The summed E-state index contributed by atoms with van der Waals surface area (Å²) >= 11 is 4.15. The second kappa shape index (κ2) is 19.8. The third-order valence-electron chi connectivity index (χ3n) is 9.00. The van der Waals surface area contributed by atoms with Crippen LogP contribution in [0.1, 0.15) is 72.1 Å². The van der Waals surface area contributed by atoms with Crippen molar-refractivity contribution in [2.24, 2.45) is 11.7 Å². The number of amides is 6. The number of likely N-dealkylation sites (tertiary alicyclic amines) is 2. The van der Waals surface area contributed by atoms with Crippen LogP contribution in [0.4, 0.5) is 0 Å². The van der Waals surface area contributed by atoms with Crippen LogP contribution in [0.15, 0.2) is 0 Å². The first kappa shape index (κ1) is 42.7. The van der Waals surface area contributed by atoms with Gasteiger partial charge in [-0.3, -0.25) is 38.4 Å². The summed E-state index contributed by atoms with van der Waals surface area (Å²) < 4.78 is 0. The maximum atomic E-state index is 13.5. The van der Waals surface area contributed by atoms with E-state index in [0.717, 1.165) is 4.90 Å². The summed E-state index contributed by atoms with van der Waals surface area (Å²) in [6, 6.07) is -8.63. The highest BCUT2D eigenvalue weighted by atomic mass is 32.1. The fraction of sp³-hybridized carbons (Fsp3) is 0.710. The fourth-order valence-electron chi connectivity index (χ4n) is 5.86. The molecule has 0 aromatic heterocycles. The minimum atomic E-state index is -1.60. The minimum Gasteiger partial charge on any atom is -0.481 e. The Morgan fingerprint density at radius 1 is 0.765 bits per heavy atom. The van der Waals surface area contributed by atoms with Gasteiger partial charge in [-0.25, -0.2) is 4.79 Å². The summed E-state index contributed by atoms with van der Waals surface area (Å²) in [4.78, 5) is 115. The normalized spacial score (nSPS) is 20.6. The van der Waals surface area contributed by atoms with E-state index < -0.39 is 108 Å². The monoisotopic (exact) mass is 743 g/mol. The van der Waals surface area contributed by atoms with Crippen molar-refractivity contribution in [1.82, 2.24) is 31.1 Å². The van der Waals surface area contributed by atoms with Crippen LogP contribution < -0.4 is 27.0 Å². The zero-order valence-corrected chi connectivity index (χ0v) is 29.7. The summed E-state index contributed by atoms with van der Waals surface area (Å²) in [5.74, 6) is -9.02. The molecule has 2 heterocycles. The van der Waals surface area contributed by atoms with Gasteiger partial charge in [-0.15, -0.1) is 0 Å². The van der Waals surface area contributed by atoms with Crippen molar-refractivity contribution >= 4 is 66.0 Å². The molecule has 2 aliphatic heterocycles. The first-order valence-corrected chi connectivity index (χ1v) is 17.4. The number of nitrogens with two attached hydrogens (primary N) is 1. The van der Waals surface area contributed by atoms with Crippen LogP contribution in [0.3, 0.4) is 0 Å². The fourth-order valence-corrected chi connectivity index (χ4v) is 6.10. The molecule has 51 heavy (non-hydrogen) atoms. The van der Waals surface area contributed by atoms with E-state index in [2.05, 4.69) is 33.9 Å². The number of carbonyl (C=O) groups excluding carboxylic acids is 6. The highest BCUT2D eigenvalue weighted by Crippen LogP contribution is 2.21. The van der Waals surface area contributed by atoms with Crippen molar-refractivity contribution in [2.75, 3.05) is 18.8 Å². The van der Waals surface area contributed by atoms with E-state index >= 15 is 0 Å². The molecule has 0 spiro atoms. The molecule has 0 saturated carbocycles. The number of rotatable bonds is 19. The molecule has 19 nitrogen and oxygen atoms in total. The predicted molar refractivity (Wildman–Crippen MR) is 181 cm³/mol. The quantitative estimate of drug-likeness (QED) is 0.0628. The molecule has 8 atom stereocenters. The molecule has 8 unspecified atom stereocenters. The highest BCUT2D eigenvalue weighted by molar-refractivity contribution is 7.80. The van der Waals surface area contributed by atoms with E-state index in [1.165, 1.54) is 11.8 Å². The molecule has 2 fully saturated rings. The molecule has 2 aliphatic rings. The number of aliphatic carboxylic acids is 3.